The highest BCUT2D eigenvalue weighted by Gasteiger charge is 2.29. The molecule has 0 saturated carbocycles. The van der Waals surface area contributed by atoms with Crippen LogP contribution in [-0.4, -0.2) is 12.6 Å². The third-order valence-corrected chi connectivity index (χ3v) is 2.53. The lowest BCUT2D eigenvalue weighted by atomic mass is 9.80. The Morgan fingerprint density at radius 1 is 1.31 bits per heavy atom. The molecule has 0 aliphatic heterocycles. The van der Waals surface area contributed by atoms with Crippen molar-refractivity contribution in [2.45, 2.75) is 53.9 Å². The van der Waals surface area contributed by atoms with Crippen LogP contribution in [-0.2, 0) is 9.53 Å². The van der Waals surface area contributed by atoms with Crippen LogP contribution >= 0.6 is 0 Å². The van der Waals surface area contributed by atoms with Crippen LogP contribution < -0.4 is 0 Å². The van der Waals surface area contributed by atoms with E-state index in [4.69, 9.17) is 4.74 Å². The summed E-state index contributed by atoms with van der Waals surface area (Å²) in [5.74, 6) is -0.243. The van der Waals surface area contributed by atoms with Crippen molar-refractivity contribution in [1.82, 2.24) is 0 Å². The van der Waals surface area contributed by atoms with Gasteiger partial charge in [-0.05, 0) is 18.8 Å². The fourth-order valence-electron chi connectivity index (χ4n) is 1.51. The molecule has 0 aliphatic rings. The molecule has 0 saturated heterocycles. The molecule has 1 unspecified atom stereocenters. The Morgan fingerprint density at radius 3 is 2.38 bits per heavy atom. The van der Waals surface area contributed by atoms with E-state index < -0.39 is 0 Å². The minimum atomic E-state index is -0.135. The first-order valence-electron chi connectivity index (χ1n) is 6.26. The summed E-state index contributed by atoms with van der Waals surface area (Å²) in [7, 11) is 0. The molecule has 0 rings (SSSR count). The zero-order valence-corrected chi connectivity index (χ0v) is 11.4. The van der Waals surface area contributed by atoms with Crippen LogP contribution in [0.4, 0.5) is 0 Å². The van der Waals surface area contributed by atoms with Crippen molar-refractivity contribution in [3.8, 4) is 0 Å². The van der Waals surface area contributed by atoms with E-state index in [0.717, 1.165) is 6.42 Å². The van der Waals surface area contributed by atoms with Crippen molar-refractivity contribution in [1.29, 1.82) is 0 Å². The molecular weight excluding hydrogens is 200 g/mol. The molecule has 0 heterocycles. The van der Waals surface area contributed by atoms with Gasteiger partial charge in [-0.3, -0.25) is 4.79 Å². The van der Waals surface area contributed by atoms with Gasteiger partial charge in [0.05, 0.1) is 12.5 Å². The first kappa shape index (κ1) is 15.2. The van der Waals surface area contributed by atoms with Crippen LogP contribution in [0.2, 0.25) is 0 Å². The molecule has 16 heavy (non-hydrogen) atoms. The van der Waals surface area contributed by atoms with Crippen LogP contribution in [0.5, 0.6) is 0 Å². The lowest BCUT2D eigenvalue weighted by Gasteiger charge is -2.26. The molecule has 0 amide bonds. The second-order valence-electron chi connectivity index (χ2n) is 5.17. The number of carbonyl (C=O) groups is 1. The van der Waals surface area contributed by atoms with E-state index in [9.17, 15) is 4.79 Å². The number of allylic oxidation sites excluding steroid dienone is 1. The number of hydrogen-bond donors (Lipinski definition) is 0. The normalized spacial score (nSPS) is 14.1. The van der Waals surface area contributed by atoms with Crippen LogP contribution in [0.25, 0.3) is 0 Å². The number of rotatable bonds is 6. The topological polar surface area (TPSA) is 26.3 Å². The minimum absolute atomic E-state index is 0.0744. The maximum Gasteiger partial charge on any atom is 0.313 e. The Kier molecular flexibility index (Phi) is 7.11. The van der Waals surface area contributed by atoms with Gasteiger partial charge in [0, 0.05) is 0 Å². The Hall–Kier alpha value is -0.790. The smallest absolute Gasteiger partial charge is 0.313 e. The standard InChI is InChI=1S/C14H26O2/c1-6-8-9-10-11-12(14(3,4)5)13(15)16-7-2/h10-12H,6-9H2,1-5H3/b11-10-. The summed E-state index contributed by atoms with van der Waals surface area (Å²) < 4.78 is 5.10. The maximum atomic E-state index is 11.8. The molecule has 0 aromatic carbocycles. The van der Waals surface area contributed by atoms with Crippen molar-refractivity contribution in [2.24, 2.45) is 11.3 Å². The van der Waals surface area contributed by atoms with Crippen molar-refractivity contribution in [2.75, 3.05) is 6.61 Å². The molecule has 0 aromatic rings. The van der Waals surface area contributed by atoms with E-state index in [1.165, 1.54) is 12.8 Å². The summed E-state index contributed by atoms with van der Waals surface area (Å²) in [6, 6.07) is 0. The van der Waals surface area contributed by atoms with E-state index in [2.05, 4.69) is 33.8 Å². The lowest BCUT2D eigenvalue weighted by molar-refractivity contribution is -0.149. The third kappa shape index (κ3) is 5.94. The molecule has 94 valence electrons. The highest BCUT2D eigenvalue weighted by molar-refractivity contribution is 5.75. The second kappa shape index (κ2) is 7.48. The SMILES string of the molecule is CCCC/C=C\C(C(=O)OCC)C(C)(C)C. The number of ether oxygens (including phenoxy) is 1. The minimum Gasteiger partial charge on any atom is -0.466 e. The molecule has 0 aromatic heterocycles. The fraction of sp³-hybridized carbons (Fsp3) is 0.786. The molecule has 2 heteroatoms. The number of esters is 1. The van der Waals surface area contributed by atoms with Gasteiger partial charge >= 0.3 is 5.97 Å². The molecule has 0 fully saturated rings. The van der Waals surface area contributed by atoms with Gasteiger partial charge < -0.3 is 4.74 Å². The largest absolute Gasteiger partial charge is 0.466 e. The van der Waals surface area contributed by atoms with Crippen LogP contribution in [0.3, 0.4) is 0 Å². The Bertz CT molecular complexity index is 223. The summed E-state index contributed by atoms with van der Waals surface area (Å²) >= 11 is 0. The van der Waals surface area contributed by atoms with Gasteiger partial charge in [0.1, 0.15) is 0 Å². The number of carbonyl (C=O) groups excluding carboxylic acids is 1. The first-order valence-corrected chi connectivity index (χ1v) is 6.26. The molecule has 1 atom stereocenters. The third-order valence-electron chi connectivity index (χ3n) is 2.53. The molecule has 0 N–H and O–H groups in total. The van der Waals surface area contributed by atoms with Crippen molar-refractivity contribution < 1.29 is 9.53 Å². The van der Waals surface area contributed by atoms with Crippen molar-refractivity contribution in [3.63, 3.8) is 0 Å². The predicted octanol–water partition coefficient (Wildman–Crippen LogP) is 3.96. The highest BCUT2D eigenvalue weighted by Crippen LogP contribution is 2.28. The van der Waals surface area contributed by atoms with E-state index in [1.54, 1.807) is 0 Å². The van der Waals surface area contributed by atoms with Gasteiger partial charge in [0.25, 0.3) is 0 Å². The molecule has 0 spiro atoms. The zero-order chi connectivity index (χ0) is 12.6. The number of unbranched alkanes of at least 4 members (excludes halogenated alkanes) is 2. The lowest BCUT2D eigenvalue weighted by Crippen LogP contribution is -2.28. The average molecular weight is 226 g/mol. The summed E-state index contributed by atoms with van der Waals surface area (Å²) in [6.07, 6.45) is 7.52. The first-order chi connectivity index (χ1) is 7.43. The summed E-state index contributed by atoms with van der Waals surface area (Å²) in [6.45, 7) is 10.7. The molecule has 2 nitrogen and oxygen atoms in total. The Morgan fingerprint density at radius 2 is 1.94 bits per heavy atom. The zero-order valence-electron chi connectivity index (χ0n) is 11.4. The monoisotopic (exact) mass is 226 g/mol. The van der Waals surface area contributed by atoms with Crippen LogP contribution in [0, 0.1) is 11.3 Å². The second-order valence-corrected chi connectivity index (χ2v) is 5.17. The average Bonchev–Trinajstić information content (AvgIpc) is 2.16. The van der Waals surface area contributed by atoms with E-state index in [1.807, 2.05) is 13.0 Å². The Balaban J connectivity index is 4.44. The van der Waals surface area contributed by atoms with Gasteiger partial charge in [0.2, 0.25) is 0 Å². The predicted molar refractivity (Wildman–Crippen MR) is 68.2 cm³/mol. The Labute approximate surface area is 100 Å². The molecule has 0 radical (unpaired) electrons. The van der Waals surface area contributed by atoms with Gasteiger partial charge in [-0.2, -0.15) is 0 Å². The molecular formula is C14H26O2. The maximum absolute atomic E-state index is 11.8. The highest BCUT2D eigenvalue weighted by atomic mass is 16.5. The van der Waals surface area contributed by atoms with Gasteiger partial charge in [-0.1, -0.05) is 52.7 Å². The van der Waals surface area contributed by atoms with E-state index in [-0.39, 0.29) is 17.3 Å². The van der Waals surface area contributed by atoms with Crippen molar-refractivity contribution >= 4 is 5.97 Å². The van der Waals surface area contributed by atoms with E-state index >= 15 is 0 Å². The van der Waals surface area contributed by atoms with E-state index in [0.29, 0.717) is 6.61 Å². The van der Waals surface area contributed by atoms with Gasteiger partial charge in [-0.25, -0.2) is 0 Å². The fourth-order valence-corrected chi connectivity index (χ4v) is 1.51. The summed E-state index contributed by atoms with van der Waals surface area (Å²) in [5, 5.41) is 0. The quantitative estimate of drug-likeness (QED) is 0.389. The summed E-state index contributed by atoms with van der Waals surface area (Å²) in [5.41, 5.74) is -0.0744. The molecule has 0 bridgehead atoms. The van der Waals surface area contributed by atoms with Crippen LogP contribution in [0.15, 0.2) is 12.2 Å². The molecule has 0 aliphatic carbocycles. The van der Waals surface area contributed by atoms with Gasteiger partial charge in [0.15, 0.2) is 0 Å². The van der Waals surface area contributed by atoms with Crippen LogP contribution in [0.1, 0.15) is 53.9 Å². The van der Waals surface area contributed by atoms with Gasteiger partial charge in [-0.15, -0.1) is 0 Å². The van der Waals surface area contributed by atoms with Crippen molar-refractivity contribution in [3.05, 3.63) is 12.2 Å². The number of hydrogen-bond acceptors (Lipinski definition) is 2. The summed E-state index contributed by atoms with van der Waals surface area (Å²) in [4.78, 5) is 11.8.